The molecule has 0 aliphatic carbocycles. The van der Waals surface area contributed by atoms with Gasteiger partial charge < -0.3 is 4.55 Å². The summed E-state index contributed by atoms with van der Waals surface area (Å²) in [7, 11) is 0. The molecule has 0 amide bonds. The topological polar surface area (TPSA) is 35.1 Å². The minimum atomic E-state index is -1.07. The highest BCUT2D eigenvalue weighted by Gasteiger charge is 2.17. The van der Waals surface area contributed by atoms with Crippen LogP contribution in [0.4, 0.5) is 0 Å². The van der Waals surface area contributed by atoms with Crippen molar-refractivity contribution in [2.24, 2.45) is 0 Å². The average Bonchev–Trinajstić information content (AvgIpc) is 2.30. The lowest BCUT2D eigenvalue weighted by Crippen LogP contribution is -2.21. The molecule has 1 aliphatic rings. The van der Waals surface area contributed by atoms with Gasteiger partial charge in [-0.15, -0.1) is 0 Å². The minimum absolute atomic E-state index is 0.891. The van der Waals surface area contributed by atoms with Gasteiger partial charge in [-0.1, -0.05) is 25.8 Å². The van der Waals surface area contributed by atoms with Crippen LogP contribution in [0, 0.1) is 0 Å². The molecule has 86 valence electrons. The first-order valence-corrected chi connectivity index (χ1v) is 6.93. The Morgan fingerprint density at radius 3 is 3.00 bits per heavy atom. The fraction of sp³-hybridized carbons (Fsp3) is 0.385. The summed E-state index contributed by atoms with van der Waals surface area (Å²) in [6, 6.07) is 6.22. The maximum absolute atomic E-state index is 11.6. The molecule has 0 saturated heterocycles. The Kier molecular flexibility index (Phi) is 3.91. The number of nitrogens with one attached hydrogen (secondary N) is 1. The van der Waals surface area contributed by atoms with E-state index in [9.17, 15) is 4.55 Å². The molecular formula is C13H17NOS. The van der Waals surface area contributed by atoms with Gasteiger partial charge in [-0.3, -0.25) is 0 Å². The summed E-state index contributed by atoms with van der Waals surface area (Å²) in [6.07, 6.45) is 8.63. The third-order valence-corrected chi connectivity index (χ3v) is 3.90. The normalized spacial score (nSPS) is 18.0. The summed E-state index contributed by atoms with van der Waals surface area (Å²) in [5, 5.41) is 0. The van der Waals surface area contributed by atoms with Gasteiger partial charge >= 0.3 is 0 Å². The molecule has 1 atom stereocenters. The van der Waals surface area contributed by atoms with Crippen LogP contribution in [0.1, 0.15) is 37.3 Å². The lowest BCUT2D eigenvalue weighted by atomic mass is 10.0. The largest absolute Gasteiger partial charge is 0.588 e. The fourth-order valence-corrected chi connectivity index (χ4v) is 2.73. The van der Waals surface area contributed by atoms with E-state index in [1.807, 2.05) is 12.1 Å². The summed E-state index contributed by atoms with van der Waals surface area (Å²) in [5.41, 5.74) is 2.43. The van der Waals surface area contributed by atoms with Gasteiger partial charge in [0.05, 0.1) is 0 Å². The highest BCUT2D eigenvalue weighted by Crippen LogP contribution is 2.22. The smallest absolute Gasteiger partial charge is 0.187 e. The van der Waals surface area contributed by atoms with Crippen LogP contribution in [0.3, 0.4) is 0 Å². The molecule has 16 heavy (non-hydrogen) atoms. The van der Waals surface area contributed by atoms with Gasteiger partial charge in [-0.25, -0.2) is 4.72 Å². The highest BCUT2D eigenvalue weighted by molar-refractivity contribution is 7.89. The van der Waals surface area contributed by atoms with Crippen molar-refractivity contribution in [2.45, 2.75) is 37.5 Å². The van der Waals surface area contributed by atoms with Gasteiger partial charge in [0.15, 0.2) is 4.90 Å². The summed E-state index contributed by atoms with van der Waals surface area (Å²) in [6.45, 7) is 2.21. The minimum Gasteiger partial charge on any atom is -0.588 e. The van der Waals surface area contributed by atoms with Crippen LogP contribution in [0.5, 0.6) is 0 Å². The number of aryl methyl sites for hydroxylation is 1. The van der Waals surface area contributed by atoms with Crippen LogP contribution in [0.25, 0.3) is 6.08 Å². The van der Waals surface area contributed by atoms with E-state index in [0.29, 0.717) is 0 Å². The molecule has 1 heterocycles. The molecule has 1 N–H and O–H groups in total. The van der Waals surface area contributed by atoms with Crippen molar-refractivity contribution in [2.75, 3.05) is 0 Å². The average molecular weight is 235 g/mol. The van der Waals surface area contributed by atoms with Crippen molar-refractivity contribution >= 4 is 17.4 Å². The molecule has 1 aromatic carbocycles. The second-order valence-corrected chi connectivity index (χ2v) is 5.26. The van der Waals surface area contributed by atoms with Crippen molar-refractivity contribution in [3.05, 3.63) is 35.5 Å². The third-order valence-electron chi connectivity index (χ3n) is 2.78. The van der Waals surface area contributed by atoms with E-state index >= 15 is 0 Å². The van der Waals surface area contributed by atoms with E-state index in [0.717, 1.165) is 16.9 Å². The standard InChI is InChI=1S/C13H17NOS/c1-2-3-4-5-11-6-7-13-12(10-11)8-9-14-16(13)15/h6-10,14H,2-5H2,1H3. The molecule has 0 saturated carbocycles. The summed E-state index contributed by atoms with van der Waals surface area (Å²) < 4.78 is 14.4. The maximum Gasteiger partial charge on any atom is 0.187 e. The zero-order valence-corrected chi connectivity index (χ0v) is 10.3. The summed E-state index contributed by atoms with van der Waals surface area (Å²) >= 11 is -1.07. The Hall–Kier alpha value is -0.930. The molecule has 1 unspecified atom stereocenters. The second-order valence-electron chi connectivity index (χ2n) is 4.05. The van der Waals surface area contributed by atoms with Gasteiger partial charge in [-0.2, -0.15) is 0 Å². The van der Waals surface area contributed by atoms with E-state index in [-0.39, 0.29) is 0 Å². The van der Waals surface area contributed by atoms with Crippen LogP contribution >= 0.6 is 0 Å². The SMILES string of the molecule is CCCCCc1ccc2c(c1)C=CN[S+]2[O-]. The third kappa shape index (κ3) is 2.60. The molecule has 0 fully saturated rings. The lowest BCUT2D eigenvalue weighted by Gasteiger charge is -2.15. The lowest BCUT2D eigenvalue weighted by molar-refractivity contribution is 0.588. The van der Waals surface area contributed by atoms with Crippen molar-refractivity contribution in [3.63, 3.8) is 0 Å². The molecule has 0 spiro atoms. The fourth-order valence-electron chi connectivity index (χ4n) is 1.88. The molecule has 0 bridgehead atoms. The Morgan fingerprint density at radius 2 is 2.19 bits per heavy atom. The Morgan fingerprint density at radius 1 is 1.31 bits per heavy atom. The van der Waals surface area contributed by atoms with Crippen LogP contribution in [0.2, 0.25) is 0 Å². The number of rotatable bonds is 4. The van der Waals surface area contributed by atoms with E-state index in [1.54, 1.807) is 6.20 Å². The Balaban J connectivity index is 2.10. The zero-order chi connectivity index (χ0) is 11.4. The van der Waals surface area contributed by atoms with E-state index in [1.165, 1.54) is 24.8 Å². The summed E-state index contributed by atoms with van der Waals surface area (Å²) in [4.78, 5) is 0.891. The predicted octanol–water partition coefficient (Wildman–Crippen LogP) is 3.02. The van der Waals surface area contributed by atoms with Gasteiger partial charge in [0.25, 0.3) is 0 Å². The zero-order valence-electron chi connectivity index (χ0n) is 9.53. The predicted molar refractivity (Wildman–Crippen MR) is 68.2 cm³/mol. The molecule has 0 radical (unpaired) electrons. The molecule has 3 heteroatoms. The first-order valence-electron chi connectivity index (χ1n) is 5.78. The highest BCUT2D eigenvalue weighted by atomic mass is 32.2. The number of hydrogen-bond donors (Lipinski definition) is 1. The monoisotopic (exact) mass is 235 g/mol. The van der Waals surface area contributed by atoms with Gasteiger partial charge in [0.2, 0.25) is 0 Å². The van der Waals surface area contributed by atoms with Gasteiger partial charge in [0.1, 0.15) is 11.4 Å². The Bertz CT molecular complexity index is 390. The molecule has 2 nitrogen and oxygen atoms in total. The quantitative estimate of drug-likeness (QED) is 0.643. The first-order chi connectivity index (χ1) is 7.81. The van der Waals surface area contributed by atoms with Crippen molar-refractivity contribution in [1.82, 2.24) is 4.72 Å². The van der Waals surface area contributed by atoms with Crippen molar-refractivity contribution in [1.29, 1.82) is 0 Å². The van der Waals surface area contributed by atoms with E-state index in [4.69, 9.17) is 0 Å². The number of hydrogen-bond acceptors (Lipinski definition) is 2. The first kappa shape index (κ1) is 11.6. The van der Waals surface area contributed by atoms with Crippen molar-refractivity contribution < 1.29 is 4.55 Å². The van der Waals surface area contributed by atoms with Gasteiger partial charge in [0, 0.05) is 11.8 Å². The van der Waals surface area contributed by atoms with E-state index in [2.05, 4.69) is 23.8 Å². The molecule has 2 rings (SSSR count). The maximum atomic E-state index is 11.6. The number of fused-ring (bicyclic) bond motifs is 1. The Labute approximate surface area is 100 Å². The van der Waals surface area contributed by atoms with E-state index < -0.39 is 11.4 Å². The molecule has 0 aromatic heterocycles. The number of unbranched alkanes of at least 4 members (excludes halogenated alkanes) is 2. The van der Waals surface area contributed by atoms with Crippen LogP contribution in [-0.4, -0.2) is 4.55 Å². The molecule has 1 aliphatic heterocycles. The summed E-state index contributed by atoms with van der Waals surface area (Å²) in [5.74, 6) is 0. The van der Waals surface area contributed by atoms with Crippen molar-refractivity contribution in [3.8, 4) is 0 Å². The number of benzene rings is 1. The van der Waals surface area contributed by atoms with Crippen LogP contribution < -0.4 is 4.72 Å². The van der Waals surface area contributed by atoms with Crippen LogP contribution in [-0.2, 0) is 17.8 Å². The molecular weight excluding hydrogens is 218 g/mol. The van der Waals surface area contributed by atoms with Gasteiger partial charge in [-0.05, 0) is 36.6 Å². The molecule has 1 aromatic rings. The van der Waals surface area contributed by atoms with Crippen LogP contribution in [0.15, 0.2) is 29.3 Å². The second kappa shape index (κ2) is 5.41.